The highest BCUT2D eigenvalue weighted by Gasteiger charge is 2.17. The minimum atomic E-state index is 0.854. The zero-order valence-electron chi connectivity index (χ0n) is 10.5. The van der Waals surface area contributed by atoms with Gasteiger partial charge >= 0.3 is 0 Å². The predicted octanol–water partition coefficient (Wildman–Crippen LogP) is 1.34. The molecular weight excluding hydrogens is 212 g/mol. The Morgan fingerprint density at radius 1 is 1.29 bits per heavy atom. The Labute approximate surface area is 103 Å². The maximum atomic E-state index is 5.65. The van der Waals surface area contributed by atoms with Crippen LogP contribution in [0.5, 0.6) is 5.75 Å². The summed E-state index contributed by atoms with van der Waals surface area (Å²) in [6.45, 7) is 8.65. The van der Waals surface area contributed by atoms with Crippen LogP contribution in [0, 0.1) is 6.92 Å². The third kappa shape index (κ3) is 2.31. The van der Waals surface area contributed by atoms with Gasteiger partial charge in [0.05, 0.1) is 6.61 Å². The summed E-state index contributed by atoms with van der Waals surface area (Å²) >= 11 is 0. The van der Waals surface area contributed by atoms with Crippen LogP contribution in [0.25, 0.3) is 0 Å². The quantitative estimate of drug-likeness (QED) is 0.832. The molecule has 3 heteroatoms. The molecule has 0 amide bonds. The number of hydrogen-bond donors (Lipinski definition) is 1. The van der Waals surface area contributed by atoms with Crippen LogP contribution >= 0.6 is 0 Å². The molecule has 0 saturated carbocycles. The second-order valence-electron chi connectivity index (χ2n) is 5.03. The molecule has 0 atom stereocenters. The van der Waals surface area contributed by atoms with E-state index in [0.29, 0.717) is 0 Å². The van der Waals surface area contributed by atoms with E-state index in [2.05, 4.69) is 29.3 Å². The monoisotopic (exact) mass is 232 g/mol. The van der Waals surface area contributed by atoms with Crippen molar-refractivity contribution in [2.24, 2.45) is 0 Å². The summed E-state index contributed by atoms with van der Waals surface area (Å²) in [6, 6.07) is 4.61. The summed E-state index contributed by atoms with van der Waals surface area (Å²) in [5, 5.41) is 3.39. The third-order valence-electron chi connectivity index (χ3n) is 3.64. The molecule has 2 aliphatic heterocycles. The average molecular weight is 232 g/mol. The molecule has 1 fully saturated rings. The van der Waals surface area contributed by atoms with Crippen molar-refractivity contribution >= 4 is 0 Å². The number of benzene rings is 1. The van der Waals surface area contributed by atoms with Crippen LogP contribution in [0.3, 0.4) is 0 Å². The number of piperazine rings is 1. The van der Waals surface area contributed by atoms with Crippen molar-refractivity contribution < 1.29 is 4.74 Å². The Hall–Kier alpha value is -1.06. The van der Waals surface area contributed by atoms with Crippen molar-refractivity contribution in [3.8, 4) is 5.75 Å². The predicted molar refractivity (Wildman–Crippen MR) is 68.5 cm³/mol. The normalized spacial score (nSPS) is 20.1. The van der Waals surface area contributed by atoms with E-state index in [0.717, 1.165) is 51.5 Å². The molecule has 0 radical (unpaired) electrons. The molecule has 17 heavy (non-hydrogen) atoms. The summed E-state index contributed by atoms with van der Waals surface area (Å²) in [4.78, 5) is 2.52. The highest BCUT2D eigenvalue weighted by Crippen LogP contribution is 2.30. The summed E-state index contributed by atoms with van der Waals surface area (Å²) in [6.07, 6.45) is 1.07. The molecular formula is C14H20N2O. The van der Waals surface area contributed by atoms with Gasteiger partial charge in [0, 0.05) is 39.1 Å². The van der Waals surface area contributed by atoms with Crippen molar-refractivity contribution in [1.29, 1.82) is 0 Å². The fourth-order valence-electron chi connectivity index (χ4n) is 2.80. The van der Waals surface area contributed by atoms with E-state index in [1.54, 1.807) is 0 Å². The zero-order chi connectivity index (χ0) is 11.7. The third-order valence-corrected chi connectivity index (χ3v) is 3.64. The SMILES string of the molecule is Cc1cc(CN2CCNCC2)cc2c1OCC2. The van der Waals surface area contributed by atoms with Crippen molar-refractivity contribution in [1.82, 2.24) is 10.2 Å². The lowest BCUT2D eigenvalue weighted by atomic mass is 10.0. The van der Waals surface area contributed by atoms with Gasteiger partial charge in [-0.25, -0.2) is 0 Å². The van der Waals surface area contributed by atoms with Gasteiger partial charge in [0.15, 0.2) is 0 Å². The van der Waals surface area contributed by atoms with Crippen LogP contribution in [-0.2, 0) is 13.0 Å². The molecule has 92 valence electrons. The van der Waals surface area contributed by atoms with E-state index in [4.69, 9.17) is 4.74 Å². The molecule has 0 unspecified atom stereocenters. The van der Waals surface area contributed by atoms with Crippen LogP contribution < -0.4 is 10.1 Å². The number of rotatable bonds is 2. The maximum absolute atomic E-state index is 5.65. The lowest BCUT2D eigenvalue weighted by Gasteiger charge is -2.27. The van der Waals surface area contributed by atoms with Gasteiger partial charge in [-0.1, -0.05) is 12.1 Å². The second kappa shape index (κ2) is 4.67. The molecule has 1 aromatic carbocycles. The van der Waals surface area contributed by atoms with Gasteiger partial charge in [0.25, 0.3) is 0 Å². The van der Waals surface area contributed by atoms with Crippen LogP contribution in [0.4, 0.5) is 0 Å². The Morgan fingerprint density at radius 3 is 2.94 bits per heavy atom. The maximum Gasteiger partial charge on any atom is 0.125 e. The Bertz CT molecular complexity index is 411. The number of nitrogens with zero attached hydrogens (tertiary/aromatic N) is 1. The first-order valence-corrected chi connectivity index (χ1v) is 6.51. The second-order valence-corrected chi connectivity index (χ2v) is 5.03. The van der Waals surface area contributed by atoms with Crippen molar-refractivity contribution in [3.05, 3.63) is 28.8 Å². The first-order valence-electron chi connectivity index (χ1n) is 6.51. The minimum absolute atomic E-state index is 0.854. The fraction of sp³-hybridized carbons (Fsp3) is 0.571. The molecule has 0 spiro atoms. The first-order chi connectivity index (χ1) is 8.33. The van der Waals surface area contributed by atoms with Gasteiger partial charge in [-0.05, 0) is 23.6 Å². The van der Waals surface area contributed by atoms with Gasteiger partial charge < -0.3 is 10.1 Å². The zero-order valence-corrected chi connectivity index (χ0v) is 10.5. The van der Waals surface area contributed by atoms with Crippen molar-refractivity contribution in [2.45, 2.75) is 19.9 Å². The lowest BCUT2D eigenvalue weighted by molar-refractivity contribution is 0.233. The fourth-order valence-corrected chi connectivity index (χ4v) is 2.80. The van der Waals surface area contributed by atoms with Crippen LogP contribution in [0.1, 0.15) is 16.7 Å². The largest absolute Gasteiger partial charge is 0.493 e. The molecule has 2 heterocycles. The van der Waals surface area contributed by atoms with E-state index in [9.17, 15) is 0 Å². The molecule has 2 aliphatic rings. The summed E-state index contributed by atoms with van der Waals surface area (Å²) < 4.78 is 5.65. The van der Waals surface area contributed by atoms with Gasteiger partial charge in [-0.2, -0.15) is 0 Å². The Balaban J connectivity index is 1.76. The summed E-state index contributed by atoms with van der Waals surface area (Å²) in [5.74, 6) is 1.13. The topological polar surface area (TPSA) is 24.5 Å². The van der Waals surface area contributed by atoms with Crippen LogP contribution in [-0.4, -0.2) is 37.7 Å². The molecule has 1 N–H and O–H groups in total. The molecule has 0 aliphatic carbocycles. The Kier molecular flexibility index (Phi) is 3.04. The van der Waals surface area contributed by atoms with E-state index < -0.39 is 0 Å². The molecule has 1 saturated heterocycles. The number of nitrogens with one attached hydrogen (secondary N) is 1. The van der Waals surface area contributed by atoms with Crippen molar-refractivity contribution in [2.75, 3.05) is 32.8 Å². The van der Waals surface area contributed by atoms with Gasteiger partial charge in [-0.15, -0.1) is 0 Å². The molecule has 3 rings (SSSR count). The molecule has 0 aromatic heterocycles. The summed E-state index contributed by atoms with van der Waals surface area (Å²) in [5.41, 5.74) is 4.13. The van der Waals surface area contributed by atoms with Gasteiger partial charge in [0.2, 0.25) is 0 Å². The van der Waals surface area contributed by atoms with Gasteiger partial charge in [0.1, 0.15) is 5.75 Å². The van der Waals surface area contributed by atoms with Gasteiger partial charge in [-0.3, -0.25) is 4.90 Å². The molecule has 1 aromatic rings. The highest BCUT2D eigenvalue weighted by atomic mass is 16.5. The summed E-state index contributed by atoms with van der Waals surface area (Å²) in [7, 11) is 0. The standard InChI is InChI=1S/C14H20N2O/c1-11-8-12(9-13-2-7-17-14(11)13)10-16-5-3-15-4-6-16/h8-9,15H,2-7,10H2,1H3. The number of aryl methyl sites for hydroxylation is 1. The highest BCUT2D eigenvalue weighted by molar-refractivity contribution is 5.46. The molecule has 0 bridgehead atoms. The first kappa shape index (κ1) is 11.1. The smallest absolute Gasteiger partial charge is 0.125 e. The number of fused-ring (bicyclic) bond motifs is 1. The van der Waals surface area contributed by atoms with Crippen LogP contribution in [0.2, 0.25) is 0 Å². The van der Waals surface area contributed by atoms with E-state index >= 15 is 0 Å². The lowest BCUT2D eigenvalue weighted by Crippen LogP contribution is -2.42. The van der Waals surface area contributed by atoms with E-state index in [-0.39, 0.29) is 0 Å². The Morgan fingerprint density at radius 2 is 2.12 bits per heavy atom. The van der Waals surface area contributed by atoms with Crippen molar-refractivity contribution in [3.63, 3.8) is 0 Å². The number of ether oxygens (including phenoxy) is 1. The average Bonchev–Trinajstić information content (AvgIpc) is 2.79. The van der Waals surface area contributed by atoms with E-state index in [1.807, 2.05) is 0 Å². The molecule has 3 nitrogen and oxygen atoms in total. The minimum Gasteiger partial charge on any atom is -0.493 e. The number of hydrogen-bond acceptors (Lipinski definition) is 3. The van der Waals surface area contributed by atoms with E-state index in [1.165, 1.54) is 16.7 Å². The van der Waals surface area contributed by atoms with Crippen LogP contribution in [0.15, 0.2) is 12.1 Å².